The summed E-state index contributed by atoms with van der Waals surface area (Å²) in [4.78, 5) is 11.2. The van der Waals surface area contributed by atoms with E-state index in [4.69, 9.17) is 5.84 Å². The van der Waals surface area contributed by atoms with Crippen molar-refractivity contribution >= 4 is 11.6 Å². The average molecular weight is 265 g/mol. The number of nitrogens with zero attached hydrogens (tertiary/aromatic N) is 3. The molecule has 6 nitrogen and oxygen atoms in total. The summed E-state index contributed by atoms with van der Waals surface area (Å²) in [5, 5.41) is 9.54. The molecule has 0 spiro atoms. The van der Waals surface area contributed by atoms with E-state index in [0.29, 0.717) is 5.82 Å². The summed E-state index contributed by atoms with van der Waals surface area (Å²) < 4.78 is 0. The highest BCUT2D eigenvalue weighted by Crippen LogP contribution is 2.28. The predicted molar refractivity (Wildman–Crippen MR) is 76.0 cm³/mol. The van der Waals surface area contributed by atoms with Crippen molar-refractivity contribution in [3.8, 4) is 0 Å². The van der Waals surface area contributed by atoms with Gasteiger partial charge in [-0.05, 0) is 26.2 Å². The summed E-state index contributed by atoms with van der Waals surface area (Å²) in [7, 11) is 0. The van der Waals surface area contributed by atoms with Crippen molar-refractivity contribution in [1.29, 1.82) is 0 Å². The monoisotopic (exact) mass is 265 g/mol. The van der Waals surface area contributed by atoms with E-state index in [-0.39, 0.29) is 12.6 Å². The molecule has 0 saturated carbocycles. The molecule has 0 aromatic carbocycles. The topological polar surface area (TPSA) is 87.3 Å². The van der Waals surface area contributed by atoms with Crippen LogP contribution in [0.15, 0.2) is 0 Å². The standard InChI is InChI=1S/C13H23N5O/c1-3-11-15-12(17-14)9(2)13(16-11)18-7-5-4-6-10(18)8-19/h10,19H,3-8,14H2,1-2H3,(H,15,16,17). The number of hydrazine groups is 1. The highest BCUT2D eigenvalue weighted by molar-refractivity contribution is 5.59. The maximum atomic E-state index is 9.54. The first-order chi connectivity index (χ1) is 9.21. The first-order valence-corrected chi connectivity index (χ1v) is 6.92. The molecule has 1 aliphatic rings. The summed E-state index contributed by atoms with van der Waals surface area (Å²) in [6.45, 7) is 5.08. The minimum absolute atomic E-state index is 0.151. The maximum absolute atomic E-state index is 9.54. The molecule has 1 saturated heterocycles. The van der Waals surface area contributed by atoms with E-state index in [1.165, 1.54) is 0 Å². The zero-order valence-electron chi connectivity index (χ0n) is 11.7. The van der Waals surface area contributed by atoms with Crippen molar-refractivity contribution < 1.29 is 5.11 Å². The van der Waals surface area contributed by atoms with Gasteiger partial charge < -0.3 is 15.4 Å². The molecule has 1 aliphatic heterocycles. The Kier molecular flexibility index (Phi) is 4.55. The number of hydrogen-bond acceptors (Lipinski definition) is 6. The Morgan fingerprint density at radius 2 is 2.21 bits per heavy atom. The maximum Gasteiger partial charge on any atom is 0.148 e. The van der Waals surface area contributed by atoms with Gasteiger partial charge in [-0.3, -0.25) is 0 Å². The summed E-state index contributed by atoms with van der Waals surface area (Å²) in [6.07, 6.45) is 4.06. The van der Waals surface area contributed by atoms with Crippen molar-refractivity contribution in [1.82, 2.24) is 9.97 Å². The number of nitrogen functional groups attached to an aromatic ring is 1. The third-order valence-electron chi connectivity index (χ3n) is 3.73. The third kappa shape index (κ3) is 2.79. The van der Waals surface area contributed by atoms with Crippen LogP contribution in [0.5, 0.6) is 0 Å². The second-order valence-corrected chi connectivity index (χ2v) is 4.96. The molecule has 4 N–H and O–H groups in total. The normalized spacial score (nSPS) is 19.6. The summed E-state index contributed by atoms with van der Waals surface area (Å²) in [6, 6.07) is 0.151. The lowest BCUT2D eigenvalue weighted by Gasteiger charge is -2.36. The molecule has 0 bridgehead atoms. The fraction of sp³-hybridized carbons (Fsp3) is 0.692. The molecule has 1 aromatic heterocycles. The molecular formula is C13H23N5O. The number of piperidine rings is 1. The second-order valence-electron chi connectivity index (χ2n) is 4.96. The minimum atomic E-state index is 0.151. The Bertz CT molecular complexity index is 437. The Morgan fingerprint density at radius 3 is 2.84 bits per heavy atom. The van der Waals surface area contributed by atoms with Crippen LogP contribution in [0.2, 0.25) is 0 Å². The van der Waals surface area contributed by atoms with E-state index in [0.717, 1.165) is 49.4 Å². The molecule has 2 rings (SSSR count). The Labute approximate surface area is 114 Å². The van der Waals surface area contributed by atoms with Crippen molar-refractivity contribution in [2.24, 2.45) is 5.84 Å². The van der Waals surface area contributed by atoms with Crippen LogP contribution in [0.3, 0.4) is 0 Å². The van der Waals surface area contributed by atoms with Crippen LogP contribution in [0, 0.1) is 6.92 Å². The van der Waals surface area contributed by atoms with Gasteiger partial charge in [0.2, 0.25) is 0 Å². The van der Waals surface area contributed by atoms with Gasteiger partial charge in [-0.25, -0.2) is 15.8 Å². The predicted octanol–water partition coefficient (Wildman–Crippen LogP) is 0.984. The summed E-state index contributed by atoms with van der Waals surface area (Å²) in [5.74, 6) is 7.88. The van der Waals surface area contributed by atoms with Crippen molar-refractivity contribution in [3.05, 3.63) is 11.4 Å². The van der Waals surface area contributed by atoms with Gasteiger partial charge >= 0.3 is 0 Å². The molecule has 106 valence electrons. The smallest absolute Gasteiger partial charge is 0.148 e. The highest BCUT2D eigenvalue weighted by atomic mass is 16.3. The van der Waals surface area contributed by atoms with Crippen LogP contribution in [0.25, 0.3) is 0 Å². The van der Waals surface area contributed by atoms with Crippen molar-refractivity contribution in [3.63, 3.8) is 0 Å². The van der Waals surface area contributed by atoms with E-state index in [2.05, 4.69) is 20.3 Å². The van der Waals surface area contributed by atoms with Crippen LogP contribution in [-0.2, 0) is 6.42 Å². The van der Waals surface area contributed by atoms with E-state index in [9.17, 15) is 5.11 Å². The Hall–Kier alpha value is -1.40. The Morgan fingerprint density at radius 1 is 1.42 bits per heavy atom. The second kappa shape index (κ2) is 6.16. The van der Waals surface area contributed by atoms with Gasteiger partial charge in [-0.2, -0.15) is 0 Å². The van der Waals surface area contributed by atoms with Gasteiger partial charge in [-0.1, -0.05) is 6.92 Å². The van der Waals surface area contributed by atoms with Crippen molar-refractivity contribution in [2.45, 2.75) is 45.6 Å². The largest absolute Gasteiger partial charge is 0.394 e. The molecule has 2 heterocycles. The van der Waals surface area contributed by atoms with E-state index in [1.54, 1.807) is 0 Å². The molecule has 1 unspecified atom stereocenters. The number of aryl methyl sites for hydroxylation is 1. The zero-order chi connectivity index (χ0) is 13.8. The van der Waals surface area contributed by atoms with Gasteiger partial charge in [0.15, 0.2) is 0 Å². The number of aliphatic hydroxyl groups excluding tert-OH is 1. The van der Waals surface area contributed by atoms with E-state index in [1.807, 2.05) is 13.8 Å². The number of hydrogen-bond donors (Lipinski definition) is 3. The Balaban J connectivity index is 2.41. The van der Waals surface area contributed by atoms with Gasteiger partial charge in [0.25, 0.3) is 0 Å². The molecule has 1 aromatic rings. The lowest BCUT2D eigenvalue weighted by Crippen LogP contribution is -2.43. The number of aliphatic hydroxyl groups is 1. The number of nitrogens with two attached hydrogens (primary N) is 1. The average Bonchev–Trinajstić information content (AvgIpc) is 2.47. The van der Waals surface area contributed by atoms with E-state index < -0.39 is 0 Å². The molecule has 0 amide bonds. The summed E-state index contributed by atoms with van der Waals surface area (Å²) >= 11 is 0. The van der Waals surface area contributed by atoms with Gasteiger partial charge in [0.1, 0.15) is 17.5 Å². The summed E-state index contributed by atoms with van der Waals surface area (Å²) in [5.41, 5.74) is 3.59. The van der Waals surface area contributed by atoms with Crippen molar-refractivity contribution in [2.75, 3.05) is 23.5 Å². The van der Waals surface area contributed by atoms with E-state index >= 15 is 0 Å². The lowest BCUT2D eigenvalue weighted by atomic mass is 10.0. The molecule has 1 atom stereocenters. The molecule has 6 heteroatoms. The molecule has 0 aliphatic carbocycles. The molecular weight excluding hydrogens is 242 g/mol. The van der Waals surface area contributed by atoms with Gasteiger partial charge in [0.05, 0.1) is 12.6 Å². The quantitative estimate of drug-likeness (QED) is 0.556. The number of aromatic nitrogens is 2. The third-order valence-corrected chi connectivity index (χ3v) is 3.73. The zero-order valence-corrected chi connectivity index (χ0v) is 11.7. The number of anilines is 2. The fourth-order valence-corrected chi connectivity index (χ4v) is 2.60. The molecule has 1 fully saturated rings. The fourth-order valence-electron chi connectivity index (χ4n) is 2.60. The SMILES string of the molecule is CCc1nc(NN)c(C)c(N2CCCCC2CO)n1. The lowest BCUT2D eigenvalue weighted by molar-refractivity contribution is 0.239. The van der Waals surface area contributed by atoms with Crippen LogP contribution in [-0.4, -0.2) is 34.3 Å². The molecule has 0 radical (unpaired) electrons. The highest BCUT2D eigenvalue weighted by Gasteiger charge is 2.25. The van der Waals surface area contributed by atoms with Gasteiger partial charge in [0, 0.05) is 18.5 Å². The first kappa shape index (κ1) is 14.0. The van der Waals surface area contributed by atoms with Crippen LogP contribution >= 0.6 is 0 Å². The van der Waals surface area contributed by atoms with Crippen LogP contribution in [0.1, 0.15) is 37.6 Å². The van der Waals surface area contributed by atoms with Gasteiger partial charge in [-0.15, -0.1) is 0 Å². The molecule has 19 heavy (non-hydrogen) atoms. The minimum Gasteiger partial charge on any atom is -0.394 e. The number of nitrogens with one attached hydrogen (secondary N) is 1. The van der Waals surface area contributed by atoms with Crippen LogP contribution in [0.4, 0.5) is 11.6 Å². The first-order valence-electron chi connectivity index (χ1n) is 6.92. The number of rotatable bonds is 4. The van der Waals surface area contributed by atoms with Crippen LogP contribution < -0.4 is 16.2 Å².